The van der Waals surface area contributed by atoms with Gasteiger partial charge in [-0.1, -0.05) is 0 Å². The Labute approximate surface area is 109 Å². The van der Waals surface area contributed by atoms with Crippen LogP contribution in [0, 0.1) is 6.92 Å². The first-order chi connectivity index (χ1) is 9.20. The number of hydrogen-bond acceptors (Lipinski definition) is 4. The fourth-order valence-corrected chi connectivity index (χ4v) is 2.09. The standard InChI is InChI=1S/C13H13N5O/c1-3-17-13-15-11(10-5-4-6-14-8-10)7-12(19)18(13)9(2)16-17/h4-8H,3H2,1-2H3. The third-order valence-corrected chi connectivity index (χ3v) is 2.98. The molecule has 0 unspecified atom stereocenters. The lowest BCUT2D eigenvalue weighted by atomic mass is 10.2. The van der Waals surface area contributed by atoms with E-state index < -0.39 is 0 Å². The molecule has 3 heterocycles. The highest BCUT2D eigenvalue weighted by molar-refractivity contribution is 5.59. The van der Waals surface area contributed by atoms with Crippen molar-refractivity contribution in [3.8, 4) is 11.3 Å². The van der Waals surface area contributed by atoms with Gasteiger partial charge in [0.15, 0.2) is 0 Å². The Kier molecular flexibility index (Phi) is 2.63. The topological polar surface area (TPSA) is 65.1 Å². The maximum Gasteiger partial charge on any atom is 0.261 e. The number of aryl methyl sites for hydroxylation is 2. The zero-order valence-corrected chi connectivity index (χ0v) is 10.7. The van der Waals surface area contributed by atoms with Crippen molar-refractivity contribution in [2.75, 3.05) is 0 Å². The van der Waals surface area contributed by atoms with E-state index in [9.17, 15) is 4.79 Å². The van der Waals surface area contributed by atoms with Crippen LogP contribution in [0.25, 0.3) is 17.0 Å². The van der Waals surface area contributed by atoms with Crippen molar-refractivity contribution in [1.29, 1.82) is 0 Å². The smallest absolute Gasteiger partial charge is 0.261 e. The van der Waals surface area contributed by atoms with E-state index in [2.05, 4.69) is 15.1 Å². The fraction of sp³-hybridized carbons (Fsp3) is 0.231. The second kappa shape index (κ2) is 4.31. The molecule has 0 radical (unpaired) electrons. The molecule has 0 fully saturated rings. The third-order valence-electron chi connectivity index (χ3n) is 2.98. The maximum absolute atomic E-state index is 12.2. The normalized spacial score (nSPS) is 11.1. The van der Waals surface area contributed by atoms with Gasteiger partial charge in [-0.25, -0.2) is 14.1 Å². The van der Waals surface area contributed by atoms with Crippen LogP contribution in [0.15, 0.2) is 35.4 Å². The maximum atomic E-state index is 12.2. The van der Waals surface area contributed by atoms with Crippen molar-refractivity contribution >= 4 is 5.78 Å². The molecule has 0 aliphatic heterocycles. The van der Waals surface area contributed by atoms with Crippen molar-refractivity contribution in [3.05, 3.63) is 46.8 Å². The van der Waals surface area contributed by atoms with Gasteiger partial charge in [0.05, 0.1) is 5.69 Å². The molecule has 0 N–H and O–H groups in total. The largest absolute Gasteiger partial charge is 0.269 e. The van der Waals surface area contributed by atoms with E-state index in [1.165, 1.54) is 10.5 Å². The molecule has 96 valence electrons. The Morgan fingerprint density at radius 2 is 2.21 bits per heavy atom. The quantitative estimate of drug-likeness (QED) is 0.692. The molecule has 6 heteroatoms. The van der Waals surface area contributed by atoms with Gasteiger partial charge in [-0.05, 0) is 26.0 Å². The molecule has 0 aliphatic rings. The first-order valence-electron chi connectivity index (χ1n) is 6.08. The van der Waals surface area contributed by atoms with Gasteiger partial charge < -0.3 is 0 Å². The molecule has 0 saturated carbocycles. The van der Waals surface area contributed by atoms with Gasteiger partial charge in [-0.3, -0.25) is 9.78 Å². The first-order valence-corrected chi connectivity index (χ1v) is 6.08. The van der Waals surface area contributed by atoms with Gasteiger partial charge in [-0.15, -0.1) is 0 Å². The molecule has 3 aromatic heterocycles. The minimum atomic E-state index is -0.124. The van der Waals surface area contributed by atoms with Crippen LogP contribution in [-0.4, -0.2) is 24.1 Å². The molecule has 6 nitrogen and oxygen atoms in total. The SMILES string of the molecule is CCn1nc(C)n2c(=O)cc(-c3cccnc3)nc12. The Balaban J connectivity index is 2.33. The highest BCUT2D eigenvalue weighted by Gasteiger charge is 2.11. The lowest BCUT2D eigenvalue weighted by Crippen LogP contribution is -2.15. The average Bonchev–Trinajstić information content (AvgIpc) is 2.76. The van der Waals surface area contributed by atoms with Crippen LogP contribution in [0.5, 0.6) is 0 Å². The molecule has 0 atom stereocenters. The summed E-state index contributed by atoms with van der Waals surface area (Å²) < 4.78 is 3.24. The van der Waals surface area contributed by atoms with Crippen LogP contribution in [0.3, 0.4) is 0 Å². The highest BCUT2D eigenvalue weighted by Crippen LogP contribution is 2.14. The Morgan fingerprint density at radius 3 is 2.89 bits per heavy atom. The summed E-state index contributed by atoms with van der Waals surface area (Å²) in [6.07, 6.45) is 3.38. The third kappa shape index (κ3) is 1.81. The zero-order valence-electron chi connectivity index (χ0n) is 10.7. The van der Waals surface area contributed by atoms with E-state index >= 15 is 0 Å². The minimum Gasteiger partial charge on any atom is -0.269 e. The van der Waals surface area contributed by atoms with E-state index in [4.69, 9.17) is 0 Å². The van der Waals surface area contributed by atoms with Crippen molar-refractivity contribution in [1.82, 2.24) is 24.1 Å². The number of nitrogens with zero attached hydrogens (tertiary/aromatic N) is 5. The van der Waals surface area contributed by atoms with Crippen LogP contribution in [-0.2, 0) is 6.54 Å². The first kappa shape index (κ1) is 11.6. The molecule has 0 spiro atoms. The lowest BCUT2D eigenvalue weighted by Gasteiger charge is -2.02. The Bertz CT molecular complexity index is 788. The summed E-state index contributed by atoms with van der Waals surface area (Å²) in [5, 5.41) is 4.31. The van der Waals surface area contributed by atoms with Gasteiger partial charge in [-0.2, -0.15) is 5.10 Å². The average molecular weight is 255 g/mol. The Morgan fingerprint density at radius 1 is 1.37 bits per heavy atom. The van der Waals surface area contributed by atoms with Crippen molar-refractivity contribution < 1.29 is 0 Å². The molecule has 0 aromatic carbocycles. The van der Waals surface area contributed by atoms with Crippen LogP contribution in [0.4, 0.5) is 0 Å². The molecule has 3 rings (SSSR count). The molecular formula is C13H13N5O. The Hall–Kier alpha value is -2.50. The fourth-order valence-electron chi connectivity index (χ4n) is 2.09. The second-order valence-electron chi connectivity index (χ2n) is 4.22. The van der Waals surface area contributed by atoms with E-state index in [-0.39, 0.29) is 5.56 Å². The molecule has 19 heavy (non-hydrogen) atoms. The monoisotopic (exact) mass is 255 g/mol. The van der Waals surface area contributed by atoms with Crippen LogP contribution >= 0.6 is 0 Å². The van der Waals surface area contributed by atoms with Crippen molar-refractivity contribution in [2.45, 2.75) is 20.4 Å². The summed E-state index contributed by atoms with van der Waals surface area (Å²) in [5.41, 5.74) is 1.32. The number of rotatable bonds is 2. The van der Waals surface area contributed by atoms with Gasteiger partial charge in [0.1, 0.15) is 5.82 Å². The van der Waals surface area contributed by atoms with Crippen LogP contribution in [0.1, 0.15) is 12.7 Å². The van der Waals surface area contributed by atoms with E-state index in [1.807, 2.05) is 19.1 Å². The lowest BCUT2D eigenvalue weighted by molar-refractivity contribution is 0.669. The molecule has 0 aliphatic carbocycles. The van der Waals surface area contributed by atoms with E-state index in [0.29, 0.717) is 23.8 Å². The van der Waals surface area contributed by atoms with Crippen LogP contribution in [0.2, 0.25) is 0 Å². The number of aromatic nitrogens is 5. The van der Waals surface area contributed by atoms with E-state index in [0.717, 1.165) is 5.56 Å². The van der Waals surface area contributed by atoms with Crippen molar-refractivity contribution in [2.24, 2.45) is 0 Å². The van der Waals surface area contributed by atoms with Gasteiger partial charge in [0.25, 0.3) is 5.56 Å². The number of fused-ring (bicyclic) bond motifs is 1. The summed E-state index contributed by atoms with van der Waals surface area (Å²) in [6, 6.07) is 5.21. The molecular weight excluding hydrogens is 242 g/mol. The number of hydrogen-bond donors (Lipinski definition) is 0. The van der Waals surface area contributed by atoms with Gasteiger partial charge in [0, 0.05) is 30.6 Å². The summed E-state index contributed by atoms with van der Waals surface area (Å²) >= 11 is 0. The van der Waals surface area contributed by atoms with Crippen LogP contribution < -0.4 is 5.56 Å². The molecule has 0 bridgehead atoms. The molecule has 0 saturated heterocycles. The summed E-state index contributed by atoms with van der Waals surface area (Å²) in [4.78, 5) is 20.7. The zero-order chi connectivity index (χ0) is 13.4. The highest BCUT2D eigenvalue weighted by atomic mass is 16.1. The minimum absolute atomic E-state index is 0.124. The number of pyridine rings is 1. The van der Waals surface area contributed by atoms with Crippen molar-refractivity contribution in [3.63, 3.8) is 0 Å². The molecule has 3 aromatic rings. The summed E-state index contributed by atoms with van der Waals surface area (Å²) in [5.74, 6) is 1.21. The molecule has 0 amide bonds. The van der Waals surface area contributed by atoms with E-state index in [1.54, 1.807) is 24.0 Å². The summed E-state index contributed by atoms with van der Waals surface area (Å²) in [7, 11) is 0. The van der Waals surface area contributed by atoms with Gasteiger partial charge >= 0.3 is 0 Å². The summed E-state index contributed by atoms with van der Waals surface area (Å²) in [6.45, 7) is 4.43. The predicted molar refractivity (Wildman–Crippen MR) is 70.9 cm³/mol. The van der Waals surface area contributed by atoms with Gasteiger partial charge in [0.2, 0.25) is 5.78 Å². The predicted octanol–water partition coefficient (Wildman–Crippen LogP) is 1.28. The second-order valence-corrected chi connectivity index (χ2v) is 4.22.